The first kappa shape index (κ1) is 13.5. The third-order valence-electron chi connectivity index (χ3n) is 2.36. The van der Waals surface area contributed by atoms with Crippen molar-refractivity contribution in [3.63, 3.8) is 0 Å². The Balaban J connectivity index is 4.34. The summed E-state index contributed by atoms with van der Waals surface area (Å²) in [5.74, 6) is 0. The SMILES string of the molecule is CNC(=CC=O)CCC(NC)=C(C)NC. The molecule has 15 heavy (non-hydrogen) atoms. The van der Waals surface area contributed by atoms with E-state index in [4.69, 9.17) is 0 Å². The Labute approximate surface area is 91.8 Å². The maximum Gasteiger partial charge on any atom is 0.144 e. The van der Waals surface area contributed by atoms with Crippen molar-refractivity contribution in [3.05, 3.63) is 23.2 Å². The van der Waals surface area contributed by atoms with Gasteiger partial charge in [0.1, 0.15) is 6.29 Å². The van der Waals surface area contributed by atoms with Crippen LogP contribution in [-0.4, -0.2) is 27.4 Å². The first-order chi connectivity index (χ1) is 7.19. The smallest absolute Gasteiger partial charge is 0.144 e. The maximum atomic E-state index is 10.3. The highest BCUT2D eigenvalue weighted by Crippen LogP contribution is 2.09. The number of carbonyl (C=O) groups excluding carboxylic acids is 1. The molecule has 0 saturated heterocycles. The summed E-state index contributed by atoms with van der Waals surface area (Å²) >= 11 is 0. The first-order valence-electron chi connectivity index (χ1n) is 5.06. The molecule has 0 unspecified atom stereocenters. The number of hydrogen-bond acceptors (Lipinski definition) is 4. The molecule has 0 aromatic rings. The fourth-order valence-electron chi connectivity index (χ4n) is 1.28. The van der Waals surface area contributed by atoms with Gasteiger partial charge in [-0.3, -0.25) is 4.79 Å². The summed E-state index contributed by atoms with van der Waals surface area (Å²) < 4.78 is 0. The van der Waals surface area contributed by atoms with Crippen molar-refractivity contribution < 1.29 is 4.79 Å². The van der Waals surface area contributed by atoms with E-state index in [2.05, 4.69) is 16.0 Å². The van der Waals surface area contributed by atoms with Gasteiger partial charge >= 0.3 is 0 Å². The molecule has 3 N–H and O–H groups in total. The van der Waals surface area contributed by atoms with Crippen molar-refractivity contribution in [2.75, 3.05) is 21.1 Å². The minimum atomic E-state index is 0.805. The van der Waals surface area contributed by atoms with Gasteiger partial charge in [-0.15, -0.1) is 0 Å². The quantitative estimate of drug-likeness (QED) is 0.429. The molecule has 0 aromatic heterocycles. The summed E-state index contributed by atoms with van der Waals surface area (Å²) in [7, 11) is 5.62. The van der Waals surface area contributed by atoms with E-state index < -0.39 is 0 Å². The molecule has 0 aliphatic heterocycles. The average Bonchev–Trinajstić information content (AvgIpc) is 2.27. The normalized spacial score (nSPS) is 12.9. The van der Waals surface area contributed by atoms with Gasteiger partial charge in [-0.25, -0.2) is 0 Å². The van der Waals surface area contributed by atoms with Gasteiger partial charge in [-0.2, -0.15) is 0 Å². The molecule has 4 nitrogen and oxygen atoms in total. The Morgan fingerprint density at radius 3 is 2.13 bits per heavy atom. The van der Waals surface area contributed by atoms with E-state index >= 15 is 0 Å². The molecule has 0 aliphatic rings. The molecule has 0 aliphatic carbocycles. The van der Waals surface area contributed by atoms with Crippen molar-refractivity contribution >= 4 is 6.29 Å². The van der Waals surface area contributed by atoms with Crippen LogP contribution in [0.25, 0.3) is 0 Å². The second kappa shape index (κ2) is 7.91. The van der Waals surface area contributed by atoms with Crippen molar-refractivity contribution in [2.45, 2.75) is 19.8 Å². The number of nitrogens with one attached hydrogen (secondary N) is 3. The summed E-state index contributed by atoms with van der Waals surface area (Å²) in [6.45, 7) is 2.02. The molecule has 0 rings (SSSR count). The highest BCUT2D eigenvalue weighted by Gasteiger charge is 2.01. The zero-order chi connectivity index (χ0) is 11.7. The van der Waals surface area contributed by atoms with Gasteiger partial charge < -0.3 is 16.0 Å². The van der Waals surface area contributed by atoms with E-state index in [1.807, 2.05) is 28.1 Å². The van der Waals surface area contributed by atoms with Gasteiger partial charge in [0.05, 0.1) is 0 Å². The Bertz CT molecular complexity index is 257. The topological polar surface area (TPSA) is 53.2 Å². The van der Waals surface area contributed by atoms with Gasteiger partial charge in [-0.05, 0) is 25.8 Å². The summed E-state index contributed by atoms with van der Waals surface area (Å²) in [5, 5.41) is 9.24. The van der Waals surface area contributed by atoms with Gasteiger partial charge in [0.25, 0.3) is 0 Å². The summed E-state index contributed by atoms with van der Waals surface area (Å²) in [6.07, 6.45) is 4.07. The molecule has 4 heteroatoms. The fraction of sp³-hybridized carbons (Fsp3) is 0.545. The predicted octanol–water partition coefficient (Wildman–Crippen LogP) is 0.739. The van der Waals surface area contributed by atoms with Crippen LogP contribution >= 0.6 is 0 Å². The van der Waals surface area contributed by atoms with Crippen molar-refractivity contribution in [3.8, 4) is 0 Å². The second-order valence-electron chi connectivity index (χ2n) is 3.18. The van der Waals surface area contributed by atoms with Gasteiger partial charge in [0.15, 0.2) is 0 Å². The van der Waals surface area contributed by atoms with E-state index in [-0.39, 0.29) is 0 Å². The average molecular weight is 211 g/mol. The standard InChI is InChI=1S/C11H21N3O/c1-9(12-2)11(14-4)6-5-10(13-3)7-8-15/h7-8,12-14H,5-6H2,1-4H3. The summed E-state index contributed by atoms with van der Waals surface area (Å²) in [6, 6.07) is 0. The zero-order valence-electron chi connectivity index (χ0n) is 9.98. The fourth-order valence-corrected chi connectivity index (χ4v) is 1.28. The van der Waals surface area contributed by atoms with E-state index in [1.165, 1.54) is 0 Å². The van der Waals surface area contributed by atoms with Crippen LogP contribution in [0.15, 0.2) is 23.2 Å². The van der Waals surface area contributed by atoms with Crippen LogP contribution in [0.4, 0.5) is 0 Å². The van der Waals surface area contributed by atoms with E-state index in [0.29, 0.717) is 0 Å². The monoisotopic (exact) mass is 211 g/mol. The number of rotatable bonds is 7. The van der Waals surface area contributed by atoms with Crippen LogP contribution in [0.1, 0.15) is 19.8 Å². The lowest BCUT2D eigenvalue weighted by molar-refractivity contribution is -0.104. The third-order valence-corrected chi connectivity index (χ3v) is 2.36. The lowest BCUT2D eigenvalue weighted by Gasteiger charge is -2.12. The minimum absolute atomic E-state index is 0.805. The molecule has 0 bridgehead atoms. The Morgan fingerprint density at radius 1 is 1.07 bits per heavy atom. The van der Waals surface area contributed by atoms with Crippen LogP contribution in [-0.2, 0) is 4.79 Å². The molecule has 0 atom stereocenters. The molecule has 0 radical (unpaired) electrons. The summed E-state index contributed by atoms with van der Waals surface area (Å²) in [5.41, 5.74) is 3.23. The molecule has 0 spiro atoms. The highest BCUT2D eigenvalue weighted by molar-refractivity contribution is 5.65. The van der Waals surface area contributed by atoms with E-state index in [0.717, 1.165) is 36.2 Å². The van der Waals surface area contributed by atoms with Gasteiger partial charge in [-0.1, -0.05) is 0 Å². The van der Waals surface area contributed by atoms with Crippen LogP contribution < -0.4 is 16.0 Å². The third kappa shape index (κ3) is 5.10. The zero-order valence-corrected chi connectivity index (χ0v) is 9.98. The van der Waals surface area contributed by atoms with Crippen LogP contribution in [0.2, 0.25) is 0 Å². The van der Waals surface area contributed by atoms with Crippen LogP contribution in [0.3, 0.4) is 0 Å². The Kier molecular flexibility index (Phi) is 7.14. The van der Waals surface area contributed by atoms with Gasteiger partial charge in [0, 0.05) is 38.2 Å². The Hall–Kier alpha value is -1.45. The molecule has 0 saturated carbocycles. The second-order valence-corrected chi connectivity index (χ2v) is 3.18. The first-order valence-corrected chi connectivity index (χ1v) is 5.06. The lowest BCUT2D eigenvalue weighted by atomic mass is 10.1. The number of allylic oxidation sites excluding steroid dienone is 4. The molecule has 0 aromatic carbocycles. The molecule has 0 fully saturated rings. The Morgan fingerprint density at radius 2 is 1.73 bits per heavy atom. The summed E-state index contributed by atoms with van der Waals surface area (Å²) in [4.78, 5) is 10.3. The molecule has 0 heterocycles. The molecule has 86 valence electrons. The van der Waals surface area contributed by atoms with Crippen molar-refractivity contribution in [2.24, 2.45) is 0 Å². The maximum absolute atomic E-state index is 10.3. The minimum Gasteiger partial charge on any atom is -0.391 e. The van der Waals surface area contributed by atoms with Crippen molar-refractivity contribution in [1.82, 2.24) is 16.0 Å². The van der Waals surface area contributed by atoms with Crippen LogP contribution in [0.5, 0.6) is 0 Å². The largest absolute Gasteiger partial charge is 0.391 e. The molecular formula is C11H21N3O. The number of carbonyl (C=O) groups is 1. The molecule has 0 amide bonds. The van der Waals surface area contributed by atoms with Crippen LogP contribution in [0, 0.1) is 0 Å². The highest BCUT2D eigenvalue weighted by atomic mass is 16.1. The molecular weight excluding hydrogens is 190 g/mol. The lowest BCUT2D eigenvalue weighted by Crippen LogP contribution is -2.16. The van der Waals surface area contributed by atoms with E-state index in [9.17, 15) is 4.79 Å². The van der Waals surface area contributed by atoms with E-state index in [1.54, 1.807) is 6.08 Å². The van der Waals surface area contributed by atoms with Gasteiger partial charge in [0.2, 0.25) is 0 Å². The predicted molar refractivity (Wildman–Crippen MR) is 63.3 cm³/mol. The number of aldehydes is 1. The number of hydrogen-bond donors (Lipinski definition) is 3. The van der Waals surface area contributed by atoms with Crippen molar-refractivity contribution in [1.29, 1.82) is 0 Å².